The minimum atomic E-state index is -0.698. The van der Waals surface area contributed by atoms with Gasteiger partial charge in [-0.25, -0.2) is 5.10 Å². The summed E-state index contributed by atoms with van der Waals surface area (Å²) >= 11 is 0. The topological polar surface area (TPSA) is 90.0 Å². The third-order valence-corrected chi connectivity index (χ3v) is 3.97. The molecule has 0 aliphatic carbocycles. The third kappa shape index (κ3) is 3.12. The maximum Gasteiger partial charge on any atom is 0.272 e. The Hall–Kier alpha value is -1.76. The second kappa shape index (κ2) is 5.93. The highest BCUT2D eigenvalue weighted by Gasteiger charge is 2.28. The van der Waals surface area contributed by atoms with Gasteiger partial charge in [0.25, 0.3) is 5.56 Å². The predicted octanol–water partition coefficient (Wildman–Crippen LogP) is 0.127. The summed E-state index contributed by atoms with van der Waals surface area (Å²) in [5, 5.41) is 25.0. The quantitative estimate of drug-likeness (QED) is 0.642. The fourth-order valence-corrected chi connectivity index (χ4v) is 2.82. The van der Waals surface area contributed by atoms with Crippen molar-refractivity contribution in [1.29, 1.82) is 0 Å². The molecule has 1 aromatic carbocycles. The van der Waals surface area contributed by atoms with Crippen molar-refractivity contribution in [3.05, 3.63) is 40.3 Å². The average molecular weight is 288 g/mol. The summed E-state index contributed by atoms with van der Waals surface area (Å²) in [4.78, 5) is 11.7. The average Bonchev–Trinajstić information content (AvgIpc) is 2.50. The maximum absolute atomic E-state index is 11.7. The van der Waals surface area contributed by atoms with Crippen LogP contribution < -0.4 is 16.2 Å². The molecule has 0 radical (unpaired) electrons. The first-order valence-corrected chi connectivity index (χ1v) is 7.28. The van der Waals surface area contributed by atoms with E-state index in [2.05, 4.69) is 20.8 Å². The van der Waals surface area contributed by atoms with Crippen molar-refractivity contribution in [2.45, 2.75) is 25.0 Å². The molecule has 4 N–H and O–H groups in total. The van der Waals surface area contributed by atoms with E-state index in [0.29, 0.717) is 25.0 Å². The number of benzene rings is 1. The molecule has 112 valence electrons. The van der Waals surface area contributed by atoms with Crippen LogP contribution in [-0.2, 0) is 6.54 Å². The molecule has 0 saturated carbocycles. The molecular formula is C15H20N4O2. The van der Waals surface area contributed by atoms with Gasteiger partial charge in [0.1, 0.15) is 0 Å². The van der Waals surface area contributed by atoms with Crippen molar-refractivity contribution in [2.24, 2.45) is 0 Å². The highest BCUT2D eigenvalue weighted by atomic mass is 16.3. The van der Waals surface area contributed by atoms with Gasteiger partial charge in [-0.15, -0.1) is 0 Å². The van der Waals surface area contributed by atoms with Crippen molar-refractivity contribution in [3.8, 4) is 0 Å². The largest absolute Gasteiger partial charge is 0.387 e. The minimum absolute atomic E-state index is 0.176. The van der Waals surface area contributed by atoms with Crippen LogP contribution in [0.4, 0.5) is 0 Å². The van der Waals surface area contributed by atoms with Gasteiger partial charge in [0.2, 0.25) is 0 Å². The summed E-state index contributed by atoms with van der Waals surface area (Å²) in [6.07, 6.45) is 1.78. The van der Waals surface area contributed by atoms with E-state index in [4.69, 9.17) is 0 Å². The summed E-state index contributed by atoms with van der Waals surface area (Å²) in [6.45, 7) is 2.60. The number of aliphatic hydroxyl groups is 1. The van der Waals surface area contributed by atoms with Crippen molar-refractivity contribution >= 4 is 10.8 Å². The van der Waals surface area contributed by atoms with Gasteiger partial charge in [-0.3, -0.25) is 4.79 Å². The van der Waals surface area contributed by atoms with Gasteiger partial charge in [0, 0.05) is 25.0 Å². The van der Waals surface area contributed by atoms with E-state index in [9.17, 15) is 9.90 Å². The Morgan fingerprint density at radius 3 is 2.90 bits per heavy atom. The monoisotopic (exact) mass is 288 g/mol. The molecule has 1 fully saturated rings. The Kier molecular flexibility index (Phi) is 4.01. The van der Waals surface area contributed by atoms with E-state index in [0.717, 1.165) is 30.5 Å². The molecule has 21 heavy (non-hydrogen) atoms. The summed E-state index contributed by atoms with van der Waals surface area (Å²) in [7, 11) is 0. The lowest BCUT2D eigenvalue weighted by Gasteiger charge is -2.32. The SMILES string of the molecule is O=c1[nH]nc(CNC[C@@]2(O)CCCNC2)c2ccccc12. The number of rotatable bonds is 4. The van der Waals surface area contributed by atoms with Gasteiger partial charge in [0.05, 0.1) is 16.7 Å². The summed E-state index contributed by atoms with van der Waals surface area (Å²) in [5.41, 5.74) is -0.0852. The summed E-state index contributed by atoms with van der Waals surface area (Å²) < 4.78 is 0. The number of fused-ring (bicyclic) bond motifs is 1. The molecule has 6 heteroatoms. The zero-order valence-corrected chi connectivity index (χ0v) is 11.9. The Morgan fingerprint density at radius 1 is 1.33 bits per heavy atom. The lowest BCUT2D eigenvalue weighted by atomic mass is 9.94. The molecule has 6 nitrogen and oxygen atoms in total. The molecule has 0 spiro atoms. The van der Waals surface area contributed by atoms with Gasteiger partial charge in [-0.05, 0) is 25.5 Å². The maximum atomic E-state index is 11.7. The fourth-order valence-electron chi connectivity index (χ4n) is 2.82. The van der Waals surface area contributed by atoms with E-state index in [-0.39, 0.29) is 5.56 Å². The number of β-amino-alcohol motifs (C(OH)–C–C–N with tert-alkyl or cyclic N) is 1. The molecule has 2 aromatic rings. The molecule has 0 unspecified atom stereocenters. The molecule has 0 amide bonds. The first-order valence-electron chi connectivity index (χ1n) is 7.28. The molecule has 1 saturated heterocycles. The van der Waals surface area contributed by atoms with Crippen molar-refractivity contribution in [1.82, 2.24) is 20.8 Å². The normalized spacial score (nSPS) is 22.5. The second-order valence-electron chi connectivity index (χ2n) is 5.65. The van der Waals surface area contributed by atoms with Crippen LogP contribution in [0, 0.1) is 0 Å². The minimum Gasteiger partial charge on any atom is -0.387 e. The van der Waals surface area contributed by atoms with Crippen LogP contribution in [0.5, 0.6) is 0 Å². The van der Waals surface area contributed by atoms with E-state index in [1.807, 2.05) is 18.2 Å². The first-order chi connectivity index (χ1) is 10.2. The standard InChI is InChI=1S/C15H20N4O2/c20-14-12-5-2-1-4-11(12)13(18-19-14)8-17-10-15(21)6-3-7-16-9-15/h1-2,4-5,16-17,21H,3,6-10H2,(H,19,20)/t15-/m1/s1. The number of hydrogen-bond donors (Lipinski definition) is 4. The molecule has 1 aliphatic heterocycles. The highest BCUT2D eigenvalue weighted by molar-refractivity contribution is 5.83. The van der Waals surface area contributed by atoms with Crippen LogP contribution in [0.2, 0.25) is 0 Å². The molecule has 0 bridgehead atoms. The zero-order valence-electron chi connectivity index (χ0n) is 11.9. The predicted molar refractivity (Wildman–Crippen MR) is 81.1 cm³/mol. The number of aromatic nitrogens is 2. The van der Waals surface area contributed by atoms with Gasteiger partial charge in [-0.2, -0.15) is 5.10 Å². The Labute approximate surface area is 122 Å². The molecule has 1 aromatic heterocycles. The Bertz CT molecular complexity index is 677. The molecule has 1 atom stereocenters. The van der Waals surface area contributed by atoms with Crippen LogP contribution in [0.25, 0.3) is 10.8 Å². The van der Waals surface area contributed by atoms with E-state index < -0.39 is 5.60 Å². The number of aromatic amines is 1. The smallest absolute Gasteiger partial charge is 0.272 e. The van der Waals surface area contributed by atoms with E-state index >= 15 is 0 Å². The van der Waals surface area contributed by atoms with Crippen LogP contribution >= 0.6 is 0 Å². The van der Waals surface area contributed by atoms with Crippen molar-refractivity contribution < 1.29 is 5.11 Å². The Balaban J connectivity index is 1.71. The van der Waals surface area contributed by atoms with Crippen LogP contribution in [0.1, 0.15) is 18.5 Å². The van der Waals surface area contributed by atoms with E-state index in [1.54, 1.807) is 6.07 Å². The molecule has 3 rings (SSSR count). The number of piperidine rings is 1. The zero-order chi connectivity index (χ0) is 14.7. The fraction of sp³-hybridized carbons (Fsp3) is 0.467. The van der Waals surface area contributed by atoms with Crippen molar-refractivity contribution in [3.63, 3.8) is 0 Å². The molecule has 2 heterocycles. The number of H-pyrrole nitrogens is 1. The third-order valence-electron chi connectivity index (χ3n) is 3.97. The summed E-state index contributed by atoms with van der Waals surface area (Å²) in [5.74, 6) is 0. The lowest BCUT2D eigenvalue weighted by Crippen LogP contribution is -2.51. The highest BCUT2D eigenvalue weighted by Crippen LogP contribution is 2.16. The first kappa shape index (κ1) is 14.2. The van der Waals surface area contributed by atoms with Crippen LogP contribution in [-0.4, -0.2) is 40.5 Å². The van der Waals surface area contributed by atoms with Gasteiger partial charge in [-0.1, -0.05) is 18.2 Å². The van der Waals surface area contributed by atoms with E-state index in [1.165, 1.54) is 0 Å². The lowest BCUT2D eigenvalue weighted by molar-refractivity contribution is 0.0168. The molecule has 1 aliphatic rings. The van der Waals surface area contributed by atoms with Gasteiger partial charge < -0.3 is 15.7 Å². The summed E-state index contributed by atoms with van der Waals surface area (Å²) in [6, 6.07) is 7.42. The Morgan fingerprint density at radius 2 is 2.14 bits per heavy atom. The number of hydrogen-bond acceptors (Lipinski definition) is 5. The van der Waals surface area contributed by atoms with Gasteiger partial charge >= 0.3 is 0 Å². The van der Waals surface area contributed by atoms with Crippen LogP contribution in [0.3, 0.4) is 0 Å². The van der Waals surface area contributed by atoms with Crippen molar-refractivity contribution in [2.75, 3.05) is 19.6 Å². The number of nitrogens with one attached hydrogen (secondary N) is 3. The van der Waals surface area contributed by atoms with Crippen LogP contribution in [0.15, 0.2) is 29.1 Å². The number of nitrogens with zero attached hydrogens (tertiary/aromatic N) is 1. The molecular weight excluding hydrogens is 268 g/mol. The van der Waals surface area contributed by atoms with Gasteiger partial charge in [0.15, 0.2) is 0 Å². The second-order valence-corrected chi connectivity index (χ2v) is 5.65.